The number of allylic oxidation sites excluding steroid dienone is 24. The third kappa shape index (κ3) is 74.4. The molecule has 0 spiro atoms. The molecule has 530 valence electrons. The summed E-state index contributed by atoms with van der Waals surface area (Å²) >= 11 is 0. The van der Waals surface area contributed by atoms with Gasteiger partial charge in [-0.05, 0) is 116 Å². The van der Waals surface area contributed by atoms with Crippen molar-refractivity contribution < 1.29 is 42.9 Å². The number of quaternary nitrogens is 1. The van der Waals surface area contributed by atoms with Gasteiger partial charge < -0.3 is 28.5 Å². The summed E-state index contributed by atoms with van der Waals surface area (Å²) in [5.41, 5.74) is 0. The highest BCUT2D eigenvalue weighted by Gasteiger charge is 2.25. The number of hydrogen-bond acceptors (Lipinski definition) is 7. The van der Waals surface area contributed by atoms with Crippen LogP contribution in [-0.4, -0.2) is 87.4 Å². The van der Waals surface area contributed by atoms with Crippen LogP contribution in [0, 0.1) is 0 Å². The van der Waals surface area contributed by atoms with E-state index in [1.54, 1.807) is 0 Å². The molecule has 1 N–H and O–H groups in total. The fourth-order valence-corrected chi connectivity index (χ4v) is 10.4. The number of unbranched alkanes of at least 4 members (excludes halogenated alkanes) is 30. The number of carbonyl (C=O) groups is 3. The first-order valence-electron chi connectivity index (χ1n) is 38.0. The van der Waals surface area contributed by atoms with Gasteiger partial charge in [0.25, 0.3) is 6.29 Å². The van der Waals surface area contributed by atoms with Gasteiger partial charge in [0.1, 0.15) is 13.2 Å². The van der Waals surface area contributed by atoms with Crippen molar-refractivity contribution in [2.75, 3.05) is 47.5 Å². The standard InChI is InChI=1S/C84H141NO8/c1-6-8-10-12-14-16-18-20-22-24-26-28-30-32-34-36-38-40-41-43-45-47-49-51-53-55-57-59-61-63-65-67-69-71-73-75-82(87)93-80(79-92-84(83(88)89)90-77-76-85(3,4)5)78-91-81(86)74-72-70-68-66-64-62-60-58-56-54-52-50-48-46-44-42-39-37-35-33-31-29-27-25-23-21-19-17-15-13-11-9-7-2/h8-11,14-17,20-23,26-29,32-35,38-40,42,80,84H,6-7,12-13,18-19,24-25,30-31,36-37,41,43-79H2,1-5H3/p+1/b10-8-,11-9-,16-14-,17-15-,22-20-,23-21-,28-26-,29-27-,34-32-,35-33-,40-38-,42-39-. The van der Waals surface area contributed by atoms with E-state index in [2.05, 4.69) is 160 Å². The van der Waals surface area contributed by atoms with Gasteiger partial charge in [0.15, 0.2) is 6.10 Å². The van der Waals surface area contributed by atoms with Crippen LogP contribution in [0.4, 0.5) is 0 Å². The van der Waals surface area contributed by atoms with Crippen LogP contribution in [0.25, 0.3) is 0 Å². The second-order valence-electron chi connectivity index (χ2n) is 26.2. The highest BCUT2D eigenvalue weighted by atomic mass is 16.7. The van der Waals surface area contributed by atoms with E-state index in [9.17, 15) is 19.5 Å². The van der Waals surface area contributed by atoms with Gasteiger partial charge >= 0.3 is 17.9 Å². The molecule has 0 aliphatic rings. The summed E-state index contributed by atoms with van der Waals surface area (Å²) in [6.45, 7) is 4.67. The number of aliphatic carboxylic acids is 1. The molecule has 2 atom stereocenters. The van der Waals surface area contributed by atoms with Gasteiger partial charge in [-0.15, -0.1) is 0 Å². The molecule has 0 radical (unpaired) electrons. The number of nitrogens with zero attached hydrogens (tertiary/aromatic N) is 1. The Labute approximate surface area is 572 Å². The average Bonchev–Trinajstić information content (AvgIpc) is 3.74. The third-order valence-corrected chi connectivity index (χ3v) is 16.1. The molecule has 0 aliphatic carbocycles. The van der Waals surface area contributed by atoms with Gasteiger partial charge in [-0.2, -0.15) is 0 Å². The smallest absolute Gasteiger partial charge is 0.361 e. The van der Waals surface area contributed by atoms with Gasteiger partial charge in [0.2, 0.25) is 0 Å². The topological polar surface area (TPSA) is 108 Å². The lowest BCUT2D eigenvalue weighted by atomic mass is 10.0. The van der Waals surface area contributed by atoms with E-state index in [0.717, 1.165) is 116 Å². The fourth-order valence-electron chi connectivity index (χ4n) is 10.4. The van der Waals surface area contributed by atoms with Gasteiger partial charge in [0.05, 0.1) is 34.4 Å². The van der Waals surface area contributed by atoms with Crippen LogP contribution in [0.1, 0.15) is 309 Å². The van der Waals surface area contributed by atoms with Crippen LogP contribution in [0.2, 0.25) is 0 Å². The van der Waals surface area contributed by atoms with Crippen LogP contribution >= 0.6 is 0 Å². The maximum absolute atomic E-state index is 13.0. The van der Waals surface area contributed by atoms with Gasteiger partial charge in [-0.1, -0.05) is 327 Å². The van der Waals surface area contributed by atoms with Crippen LogP contribution in [-0.2, 0) is 33.3 Å². The monoisotopic (exact) mass is 1290 g/mol. The molecule has 0 aromatic rings. The van der Waals surface area contributed by atoms with Gasteiger partial charge in [0, 0.05) is 12.8 Å². The lowest BCUT2D eigenvalue weighted by Gasteiger charge is -2.25. The van der Waals surface area contributed by atoms with Crippen molar-refractivity contribution in [1.82, 2.24) is 0 Å². The molecule has 9 nitrogen and oxygen atoms in total. The first kappa shape index (κ1) is 88.2. The summed E-state index contributed by atoms with van der Waals surface area (Å²) in [6.07, 6.45) is 104. The molecular formula is C84H142NO8+. The van der Waals surface area contributed by atoms with E-state index in [4.69, 9.17) is 18.9 Å². The highest BCUT2D eigenvalue weighted by Crippen LogP contribution is 2.18. The maximum atomic E-state index is 13.0. The predicted molar refractivity (Wildman–Crippen MR) is 400 cm³/mol. The number of carboxylic acid groups (broad SMARTS) is 1. The Hall–Kier alpha value is -4.83. The van der Waals surface area contributed by atoms with Crippen LogP contribution in [0.5, 0.6) is 0 Å². The molecule has 2 unspecified atom stereocenters. The minimum Gasteiger partial charge on any atom is -0.477 e. The summed E-state index contributed by atoms with van der Waals surface area (Å²) in [7, 11) is 5.98. The number of likely N-dealkylation sites (N-methyl/N-ethyl adjacent to an activating group) is 1. The Balaban J connectivity index is 4.08. The first-order chi connectivity index (χ1) is 45.6. The van der Waals surface area contributed by atoms with Crippen LogP contribution < -0.4 is 0 Å². The molecule has 0 saturated carbocycles. The van der Waals surface area contributed by atoms with Gasteiger partial charge in [-0.3, -0.25) is 9.59 Å². The Kier molecular flexibility index (Phi) is 69.2. The van der Waals surface area contributed by atoms with Crippen molar-refractivity contribution >= 4 is 17.9 Å². The Morgan fingerprint density at radius 2 is 0.581 bits per heavy atom. The minimum absolute atomic E-state index is 0.183. The fraction of sp³-hybridized carbons (Fsp3) is 0.679. The average molecular weight is 1290 g/mol. The first-order valence-corrected chi connectivity index (χ1v) is 38.0. The van der Waals surface area contributed by atoms with E-state index in [-0.39, 0.29) is 32.2 Å². The number of hydrogen-bond donors (Lipinski definition) is 1. The van der Waals surface area contributed by atoms with Crippen molar-refractivity contribution in [3.05, 3.63) is 146 Å². The number of carbonyl (C=O) groups excluding carboxylic acids is 2. The molecule has 0 amide bonds. The minimum atomic E-state index is -1.52. The molecule has 93 heavy (non-hydrogen) atoms. The van der Waals surface area contributed by atoms with Crippen LogP contribution in [0.3, 0.4) is 0 Å². The molecule has 0 heterocycles. The molecule has 0 fully saturated rings. The number of carboxylic acids is 1. The van der Waals surface area contributed by atoms with E-state index in [1.165, 1.54) is 167 Å². The molecule has 0 bridgehead atoms. The molecule has 0 aromatic carbocycles. The molecule has 0 saturated heterocycles. The summed E-state index contributed by atoms with van der Waals surface area (Å²) in [5.74, 6) is -2.00. The Morgan fingerprint density at radius 3 is 0.860 bits per heavy atom. The molecule has 0 aliphatic heterocycles. The highest BCUT2D eigenvalue weighted by molar-refractivity contribution is 5.71. The van der Waals surface area contributed by atoms with Crippen molar-refractivity contribution in [1.29, 1.82) is 0 Å². The zero-order valence-electron chi connectivity index (χ0n) is 60.6. The largest absolute Gasteiger partial charge is 0.477 e. The number of esters is 2. The maximum Gasteiger partial charge on any atom is 0.361 e. The molecular weight excluding hydrogens is 1150 g/mol. The Morgan fingerprint density at radius 1 is 0.323 bits per heavy atom. The quantitative estimate of drug-likeness (QED) is 0.0211. The molecule has 0 aromatic heterocycles. The number of ether oxygens (including phenoxy) is 4. The van der Waals surface area contributed by atoms with Crippen molar-refractivity contribution in [3.8, 4) is 0 Å². The molecule has 0 rings (SSSR count). The third-order valence-electron chi connectivity index (χ3n) is 16.1. The van der Waals surface area contributed by atoms with E-state index in [1.807, 2.05) is 21.1 Å². The predicted octanol–water partition coefficient (Wildman–Crippen LogP) is 24.3. The normalized spacial score (nSPS) is 13.5. The SMILES string of the molecule is CC/C=C\C/C=C\C/C=C\C/C=C\C/C=C\C/C=C\CCCCCCCCCCCCCCCCCCC(=O)OC(COC(=O)CCCCCCCCCCCCCCCC/C=C\C/C=C\C/C=C\C/C=C\C/C=C\C/C=C\CC)COC(OCC[N+](C)(C)C)C(=O)O. The summed E-state index contributed by atoms with van der Waals surface area (Å²) in [4.78, 5) is 37.7. The van der Waals surface area contributed by atoms with E-state index < -0.39 is 24.3 Å². The zero-order chi connectivity index (χ0) is 67.5. The lowest BCUT2D eigenvalue weighted by molar-refractivity contribution is -0.870. The molecule has 9 heteroatoms. The van der Waals surface area contributed by atoms with Crippen molar-refractivity contribution in [2.24, 2.45) is 0 Å². The van der Waals surface area contributed by atoms with Crippen molar-refractivity contribution in [3.63, 3.8) is 0 Å². The Bertz CT molecular complexity index is 2040. The van der Waals surface area contributed by atoms with Gasteiger partial charge in [-0.25, -0.2) is 4.79 Å². The van der Waals surface area contributed by atoms with Crippen LogP contribution in [0.15, 0.2) is 146 Å². The zero-order valence-corrected chi connectivity index (χ0v) is 60.6. The second kappa shape index (κ2) is 73.0. The summed E-state index contributed by atoms with van der Waals surface area (Å²) < 4.78 is 23.0. The van der Waals surface area contributed by atoms with Crippen molar-refractivity contribution in [2.45, 2.75) is 322 Å². The van der Waals surface area contributed by atoms with E-state index in [0.29, 0.717) is 17.4 Å². The number of rotatable bonds is 69. The summed E-state index contributed by atoms with van der Waals surface area (Å²) in [5, 5.41) is 9.77. The summed E-state index contributed by atoms with van der Waals surface area (Å²) in [6, 6.07) is 0. The van der Waals surface area contributed by atoms with E-state index >= 15 is 0 Å². The second-order valence-corrected chi connectivity index (χ2v) is 26.2. The lowest BCUT2D eigenvalue weighted by Crippen LogP contribution is -2.40.